The van der Waals surface area contributed by atoms with E-state index in [0.717, 1.165) is 4.57 Å². The Morgan fingerprint density at radius 2 is 2.02 bits per heavy atom. The van der Waals surface area contributed by atoms with Crippen molar-refractivity contribution in [1.82, 2.24) is 14.6 Å². The van der Waals surface area contributed by atoms with Crippen molar-refractivity contribution in [3.05, 3.63) is 63.5 Å². The summed E-state index contributed by atoms with van der Waals surface area (Å²) < 4.78 is 37.3. The lowest BCUT2D eigenvalue weighted by Gasteiger charge is -2.33. The smallest absolute Gasteiger partial charge is 0.459 e. The minimum absolute atomic E-state index is 0.0889. The number of ether oxygens (including phenoxy) is 2. The Balaban J connectivity index is 1.66. The highest BCUT2D eigenvalue weighted by atomic mass is 31.2. The quantitative estimate of drug-likeness (QED) is 0.0980. The van der Waals surface area contributed by atoms with Gasteiger partial charge in [-0.05, 0) is 43.5 Å². The second-order valence-corrected chi connectivity index (χ2v) is 11.0. The van der Waals surface area contributed by atoms with Crippen LogP contribution >= 0.6 is 7.75 Å². The number of nitrogen functional groups attached to an aromatic ring is 1. The molecule has 2 fully saturated rings. The number of anilines is 1. The van der Waals surface area contributed by atoms with Crippen molar-refractivity contribution in [2.45, 2.75) is 62.3 Å². The molecule has 0 spiro atoms. The number of para-hydroxylation sites is 1. The SMILES string of the molecule is CCOC(=O)C1(NP(=O)(OCC2(N=[N+]=[N-])O[C@@H](n3ccc(N)nc3=O)[C@H](O)[C@@H]2O)Oc2ccccc2)CCCC1. The number of hydrogen-bond donors (Lipinski definition) is 4. The number of nitrogens with one attached hydrogen (secondary N) is 1. The van der Waals surface area contributed by atoms with E-state index >= 15 is 0 Å². The van der Waals surface area contributed by atoms with Crippen LogP contribution in [0, 0.1) is 0 Å². The van der Waals surface area contributed by atoms with E-state index in [4.69, 9.17) is 24.3 Å². The van der Waals surface area contributed by atoms with Crippen LogP contribution in [-0.2, 0) is 23.4 Å². The number of nitrogens with two attached hydrogens (primary N) is 1. The van der Waals surface area contributed by atoms with E-state index in [1.165, 1.54) is 24.4 Å². The normalized spacial score (nSPS) is 26.9. The first-order valence-corrected chi connectivity index (χ1v) is 14.0. The largest absolute Gasteiger partial charge is 0.465 e. The molecule has 1 saturated heterocycles. The molecule has 2 heterocycles. The first kappa shape index (κ1) is 29.5. The Morgan fingerprint density at radius 3 is 2.65 bits per heavy atom. The molecule has 17 heteroatoms. The average Bonchev–Trinajstić information content (AvgIpc) is 3.48. The summed E-state index contributed by atoms with van der Waals surface area (Å²) in [6.45, 7) is 0.813. The van der Waals surface area contributed by atoms with Crippen molar-refractivity contribution in [2.75, 3.05) is 18.9 Å². The van der Waals surface area contributed by atoms with Crippen molar-refractivity contribution >= 4 is 19.5 Å². The van der Waals surface area contributed by atoms with Crippen molar-refractivity contribution in [3.63, 3.8) is 0 Å². The minimum atomic E-state index is -4.51. The predicted octanol–water partition coefficient (Wildman–Crippen LogP) is 1.75. The third kappa shape index (κ3) is 5.98. The number of benzene rings is 1. The summed E-state index contributed by atoms with van der Waals surface area (Å²) in [7, 11) is -4.51. The van der Waals surface area contributed by atoms with E-state index in [2.05, 4.69) is 20.1 Å². The first-order valence-electron chi connectivity index (χ1n) is 12.5. The second kappa shape index (κ2) is 11.9. The Hall–Kier alpha value is -3.49. The highest BCUT2D eigenvalue weighted by Crippen LogP contribution is 2.51. The molecule has 0 amide bonds. The maximum Gasteiger partial charge on any atom is 0.459 e. The maximum absolute atomic E-state index is 14.2. The lowest BCUT2D eigenvalue weighted by Crippen LogP contribution is -2.51. The zero-order valence-electron chi connectivity index (χ0n) is 21.5. The van der Waals surface area contributed by atoms with E-state index in [0.29, 0.717) is 12.8 Å². The highest BCUT2D eigenvalue weighted by molar-refractivity contribution is 7.52. The van der Waals surface area contributed by atoms with Gasteiger partial charge in [0.1, 0.15) is 29.3 Å². The lowest BCUT2D eigenvalue weighted by atomic mass is 10.00. The van der Waals surface area contributed by atoms with Crippen molar-refractivity contribution in [1.29, 1.82) is 0 Å². The standard InChI is InChI=1S/C23H30N7O9P/c1-2-36-20(33)22(11-6-7-12-22)28-40(35,39-15-8-4-3-5-9-15)37-14-23(27-29-25)18(32)17(31)19(38-23)30-13-10-16(24)26-21(30)34/h3-5,8-10,13,17-19,31-32H,2,6-7,11-12,14H2,1H3,(H,28,35)(H2,24,26,34)/t17-,18+,19-,23?,40?/m1/s1. The molecule has 4 rings (SSSR count). The average molecular weight is 580 g/mol. The van der Waals surface area contributed by atoms with E-state index in [1.54, 1.807) is 25.1 Å². The van der Waals surface area contributed by atoms with Crippen molar-refractivity contribution in [3.8, 4) is 5.75 Å². The molecule has 5 N–H and O–H groups in total. The van der Waals surface area contributed by atoms with Gasteiger partial charge >= 0.3 is 19.4 Å². The molecular formula is C23H30N7O9P. The number of aliphatic hydroxyl groups is 2. The fraction of sp³-hybridized carbons (Fsp3) is 0.522. The van der Waals surface area contributed by atoms with Gasteiger partial charge in [-0.1, -0.05) is 36.2 Å². The topological polar surface area (TPSA) is 233 Å². The lowest BCUT2D eigenvalue weighted by molar-refractivity contribution is -0.150. The van der Waals surface area contributed by atoms with Gasteiger partial charge in [-0.2, -0.15) is 10.1 Å². The molecule has 1 saturated carbocycles. The Bertz CT molecular complexity index is 1360. The molecule has 1 aliphatic carbocycles. The van der Waals surface area contributed by atoms with Gasteiger partial charge in [0.25, 0.3) is 0 Å². The first-order chi connectivity index (χ1) is 19.1. The number of esters is 1. The van der Waals surface area contributed by atoms with E-state index in [9.17, 15) is 29.9 Å². The molecule has 0 bridgehead atoms. The van der Waals surface area contributed by atoms with Gasteiger partial charge in [0.15, 0.2) is 6.23 Å². The third-order valence-corrected chi connectivity index (χ3v) is 8.25. The number of aliphatic hydroxyl groups excluding tert-OH is 2. The molecule has 216 valence electrons. The van der Waals surface area contributed by atoms with E-state index in [-0.39, 0.29) is 31.0 Å². The summed E-state index contributed by atoms with van der Waals surface area (Å²) in [5, 5.41) is 27.8. The van der Waals surface area contributed by atoms with E-state index in [1.807, 2.05) is 0 Å². The number of rotatable bonds is 11. The van der Waals surface area contributed by atoms with Gasteiger partial charge in [-0.25, -0.2) is 9.36 Å². The molecular weight excluding hydrogens is 549 g/mol. The van der Waals surface area contributed by atoms with Crippen LogP contribution in [0.2, 0.25) is 0 Å². The number of azide groups is 1. The van der Waals surface area contributed by atoms with Crippen LogP contribution in [0.3, 0.4) is 0 Å². The minimum Gasteiger partial charge on any atom is -0.465 e. The van der Waals surface area contributed by atoms with Crippen molar-refractivity contribution < 1.29 is 38.1 Å². The molecule has 0 radical (unpaired) electrons. The number of carbonyl (C=O) groups excluding carboxylic acids is 1. The Labute approximate surface area is 228 Å². The summed E-state index contributed by atoms with van der Waals surface area (Å²) in [6.07, 6.45) is -2.31. The zero-order valence-corrected chi connectivity index (χ0v) is 22.4. The van der Waals surface area contributed by atoms with Crippen LogP contribution in [0.4, 0.5) is 5.82 Å². The maximum atomic E-state index is 14.2. The van der Waals surface area contributed by atoms with Gasteiger partial charge in [-0.15, -0.1) is 0 Å². The molecule has 2 unspecified atom stereocenters. The van der Waals surface area contributed by atoms with Crippen LogP contribution in [0.1, 0.15) is 38.8 Å². The van der Waals surface area contributed by atoms with Crippen LogP contribution in [0.5, 0.6) is 5.75 Å². The fourth-order valence-corrected chi connectivity index (χ4v) is 6.43. The fourth-order valence-electron chi connectivity index (χ4n) is 4.67. The molecule has 2 aromatic rings. The molecule has 40 heavy (non-hydrogen) atoms. The number of aromatic nitrogens is 2. The second-order valence-electron chi connectivity index (χ2n) is 9.32. The van der Waals surface area contributed by atoms with Gasteiger partial charge in [0, 0.05) is 11.1 Å². The van der Waals surface area contributed by atoms with Gasteiger partial charge in [-0.3, -0.25) is 13.9 Å². The van der Waals surface area contributed by atoms with Gasteiger partial charge in [0.05, 0.1) is 13.2 Å². The summed E-state index contributed by atoms with van der Waals surface area (Å²) in [5.41, 5.74) is 10.1. The zero-order chi connectivity index (χ0) is 29.0. The molecule has 1 aromatic heterocycles. The number of hydrogen-bond acceptors (Lipinski definition) is 12. The number of nitrogens with zero attached hydrogens (tertiary/aromatic N) is 5. The van der Waals surface area contributed by atoms with Gasteiger partial charge < -0.3 is 29.9 Å². The molecule has 2 aliphatic rings. The number of carbonyl (C=O) groups is 1. The molecule has 1 aromatic carbocycles. The summed E-state index contributed by atoms with van der Waals surface area (Å²) >= 11 is 0. The molecule has 5 atom stereocenters. The molecule has 1 aliphatic heterocycles. The predicted molar refractivity (Wildman–Crippen MR) is 139 cm³/mol. The van der Waals surface area contributed by atoms with E-state index < -0.39 is 55.7 Å². The summed E-state index contributed by atoms with van der Waals surface area (Å²) in [6, 6.07) is 9.23. The van der Waals surface area contributed by atoms with Gasteiger partial charge in [0.2, 0.25) is 5.72 Å². The highest BCUT2D eigenvalue weighted by Gasteiger charge is 2.57. The summed E-state index contributed by atoms with van der Waals surface area (Å²) in [5.74, 6) is -0.606. The van der Waals surface area contributed by atoms with Crippen molar-refractivity contribution in [2.24, 2.45) is 5.11 Å². The van der Waals surface area contributed by atoms with Crippen LogP contribution in [0.15, 0.2) is 52.5 Å². The Morgan fingerprint density at radius 1 is 1.32 bits per heavy atom. The van der Waals surface area contributed by atoms with Crippen LogP contribution < -0.4 is 21.0 Å². The van der Waals surface area contributed by atoms with Crippen LogP contribution in [0.25, 0.3) is 10.4 Å². The summed E-state index contributed by atoms with van der Waals surface area (Å²) in [4.78, 5) is 31.6. The van der Waals surface area contributed by atoms with Crippen LogP contribution in [-0.4, -0.2) is 62.4 Å². The monoisotopic (exact) mass is 579 g/mol. The Kier molecular flexibility index (Phi) is 8.80. The third-order valence-electron chi connectivity index (χ3n) is 6.63. The molecule has 16 nitrogen and oxygen atoms in total.